The van der Waals surface area contributed by atoms with E-state index in [1.54, 1.807) is 0 Å². The Bertz CT molecular complexity index is 928. The number of nitrogen functional groups attached to an aromatic ring is 1. The summed E-state index contributed by atoms with van der Waals surface area (Å²) in [6.07, 6.45) is 0.852. The summed E-state index contributed by atoms with van der Waals surface area (Å²) in [4.78, 5) is 22.2. The number of anilines is 1. The molecule has 1 atom stereocenters. The maximum atomic E-state index is 12.8. The average molecular weight is 339 g/mol. The van der Waals surface area contributed by atoms with Gasteiger partial charge in [0.15, 0.2) is 5.65 Å². The van der Waals surface area contributed by atoms with Gasteiger partial charge >= 0.3 is 0 Å². The highest BCUT2D eigenvalue weighted by molar-refractivity contribution is 6.10. The zero-order valence-electron chi connectivity index (χ0n) is 15.2. The largest absolute Gasteiger partial charge is 0.384 e. The molecule has 3 aromatic rings. The first-order valence-electron chi connectivity index (χ1n) is 8.77. The van der Waals surface area contributed by atoms with E-state index in [2.05, 4.69) is 19.2 Å². The number of para-hydroxylation sites is 2. The Kier molecular flexibility index (Phi) is 4.61. The number of nitrogens with zero attached hydrogens (tertiary/aromatic N) is 3. The second-order valence-electron chi connectivity index (χ2n) is 6.93. The molecule has 6 nitrogen and oxygen atoms in total. The van der Waals surface area contributed by atoms with Crippen molar-refractivity contribution in [3.8, 4) is 0 Å². The average Bonchev–Trinajstić information content (AvgIpc) is 2.83. The van der Waals surface area contributed by atoms with Crippen LogP contribution < -0.4 is 11.1 Å². The van der Waals surface area contributed by atoms with Crippen LogP contribution in [-0.2, 0) is 6.54 Å². The Morgan fingerprint density at radius 2 is 1.84 bits per heavy atom. The first-order valence-corrected chi connectivity index (χ1v) is 8.77. The molecule has 3 N–H and O–H groups in total. The van der Waals surface area contributed by atoms with E-state index >= 15 is 0 Å². The molecule has 0 saturated heterocycles. The van der Waals surface area contributed by atoms with Crippen molar-refractivity contribution in [1.82, 2.24) is 19.9 Å². The molecule has 0 aliphatic carbocycles. The molecule has 0 bridgehead atoms. The molecule has 0 radical (unpaired) electrons. The van der Waals surface area contributed by atoms with Gasteiger partial charge in [-0.1, -0.05) is 32.9 Å². The van der Waals surface area contributed by atoms with Gasteiger partial charge in [-0.3, -0.25) is 4.79 Å². The van der Waals surface area contributed by atoms with Gasteiger partial charge in [0.05, 0.1) is 11.0 Å². The van der Waals surface area contributed by atoms with Gasteiger partial charge in [-0.15, -0.1) is 0 Å². The number of benzene rings is 1. The van der Waals surface area contributed by atoms with Crippen LogP contribution in [0.1, 0.15) is 44.5 Å². The normalized spacial score (nSPS) is 12.8. The van der Waals surface area contributed by atoms with Crippen molar-refractivity contribution >= 4 is 33.9 Å². The maximum absolute atomic E-state index is 12.8. The van der Waals surface area contributed by atoms with Crippen LogP contribution in [0.5, 0.6) is 0 Å². The van der Waals surface area contributed by atoms with Crippen molar-refractivity contribution in [2.24, 2.45) is 5.92 Å². The topological polar surface area (TPSA) is 85.8 Å². The lowest BCUT2D eigenvalue weighted by Gasteiger charge is -2.12. The van der Waals surface area contributed by atoms with Crippen LogP contribution in [0, 0.1) is 5.92 Å². The summed E-state index contributed by atoms with van der Waals surface area (Å²) in [5, 5.41) is 2.99. The summed E-state index contributed by atoms with van der Waals surface area (Å²) in [5.41, 5.74) is 9.58. The smallest absolute Gasteiger partial charge is 0.257 e. The summed E-state index contributed by atoms with van der Waals surface area (Å²) >= 11 is 0. The fraction of sp³-hybridized carbons (Fsp3) is 0.421. The number of rotatable bonds is 5. The van der Waals surface area contributed by atoms with E-state index in [9.17, 15) is 4.79 Å². The third kappa shape index (κ3) is 3.16. The molecule has 0 unspecified atom stereocenters. The lowest BCUT2D eigenvalue weighted by Crippen LogP contribution is -2.32. The third-order valence-corrected chi connectivity index (χ3v) is 4.36. The molecule has 2 aromatic heterocycles. The number of amides is 1. The molecular formula is C19H25N5O. The van der Waals surface area contributed by atoms with Gasteiger partial charge in [0, 0.05) is 12.6 Å². The van der Waals surface area contributed by atoms with E-state index in [1.165, 1.54) is 0 Å². The van der Waals surface area contributed by atoms with Gasteiger partial charge in [0.1, 0.15) is 16.9 Å². The Balaban J connectivity index is 2.25. The van der Waals surface area contributed by atoms with E-state index in [0.29, 0.717) is 35.0 Å². The molecule has 2 heterocycles. The van der Waals surface area contributed by atoms with E-state index in [0.717, 1.165) is 17.5 Å². The fourth-order valence-electron chi connectivity index (χ4n) is 2.89. The minimum atomic E-state index is -0.191. The van der Waals surface area contributed by atoms with E-state index in [1.807, 2.05) is 42.7 Å². The number of hydrogen-bond donors (Lipinski definition) is 2. The van der Waals surface area contributed by atoms with Gasteiger partial charge in [-0.05, 0) is 31.4 Å². The highest BCUT2D eigenvalue weighted by atomic mass is 16.1. The van der Waals surface area contributed by atoms with Crippen molar-refractivity contribution in [1.29, 1.82) is 0 Å². The minimum absolute atomic E-state index is 0.0730. The van der Waals surface area contributed by atoms with Gasteiger partial charge < -0.3 is 15.6 Å². The van der Waals surface area contributed by atoms with Gasteiger partial charge in [0.25, 0.3) is 5.91 Å². The van der Waals surface area contributed by atoms with Crippen LogP contribution in [0.25, 0.3) is 22.2 Å². The molecule has 0 fully saturated rings. The summed E-state index contributed by atoms with van der Waals surface area (Å²) in [5.74, 6) is 0.611. The SMILES string of the molecule is CC[C@@H](C)NC(=O)c1c(N)n(CC(C)C)c2nc3ccccc3nc12. The van der Waals surface area contributed by atoms with Crippen LogP contribution in [0.15, 0.2) is 24.3 Å². The predicted molar refractivity (Wildman–Crippen MR) is 102 cm³/mol. The summed E-state index contributed by atoms with van der Waals surface area (Å²) < 4.78 is 1.91. The Labute approximate surface area is 147 Å². The molecule has 3 rings (SSSR count). The minimum Gasteiger partial charge on any atom is -0.384 e. The van der Waals surface area contributed by atoms with Crippen molar-refractivity contribution in [2.45, 2.75) is 46.7 Å². The summed E-state index contributed by atoms with van der Waals surface area (Å²) in [6, 6.07) is 7.73. The van der Waals surface area contributed by atoms with Crippen molar-refractivity contribution in [3.63, 3.8) is 0 Å². The van der Waals surface area contributed by atoms with Crippen molar-refractivity contribution in [3.05, 3.63) is 29.8 Å². The van der Waals surface area contributed by atoms with E-state index < -0.39 is 0 Å². The molecule has 1 amide bonds. The van der Waals surface area contributed by atoms with E-state index in [-0.39, 0.29) is 11.9 Å². The lowest BCUT2D eigenvalue weighted by molar-refractivity contribution is 0.0941. The highest BCUT2D eigenvalue weighted by Crippen LogP contribution is 2.28. The number of fused-ring (bicyclic) bond motifs is 2. The number of nitrogens with one attached hydrogen (secondary N) is 1. The molecule has 0 spiro atoms. The number of aromatic nitrogens is 3. The Morgan fingerprint density at radius 3 is 2.44 bits per heavy atom. The van der Waals surface area contributed by atoms with E-state index in [4.69, 9.17) is 15.7 Å². The second kappa shape index (κ2) is 6.70. The number of nitrogens with two attached hydrogens (primary N) is 1. The van der Waals surface area contributed by atoms with Crippen LogP contribution in [0.2, 0.25) is 0 Å². The molecule has 6 heteroatoms. The van der Waals surface area contributed by atoms with Gasteiger partial charge in [-0.2, -0.15) is 0 Å². The first kappa shape index (κ1) is 17.2. The van der Waals surface area contributed by atoms with Crippen LogP contribution >= 0.6 is 0 Å². The van der Waals surface area contributed by atoms with Crippen LogP contribution in [0.3, 0.4) is 0 Å². The molecule has 25 heavy (non-hydrogen) atoms. The predicted octanol–water partition coefficient (Wildman–Crippen LogP) is 3.35. The Hall–Kier alpha value is -2.63. The zero-order valence-corrected chi connectivity index (χ0v) is 15.2. The van der Waals surface area contributed by atoms with Crippen molar-refractivity contribution < 1.29 is 4.79 Å². The molecular weight excluding hydrogens is 314 g/mol. The molecule has 132 valence electrons. The van der Waals surface area contributed by atoms with Gasteiger partial charge in [0.2, 0.25) is 0 Å². The number of carbonyl (C=O) groups excluding carboxylic acids is 1. The number of hydrogen-bond acceptors (Lipinski definition) is 4. The molecule has 1 aromatic carbocycles. The first-order chi connectivity index (χ1) is 11.9. The molecule has 0 aliphatic rings. The quantitative estimate of drug-likeness (QED) is 0.746. The zero-order chi connectivity index (χ0) is 18.1. The molecule has 0 aliphatic heterocycles. The van der Waals surface area contributed by atoms with Gasteiger partial charge in [-0.25, -0.2) is 9.97 Å². The maximum Gasteiger partial charge on any atom is 0.257 e. The number of carbonyl (C=O) groups is 1. The second-order valence-corrected chi connectivity index (χ2v) is 6.93. The third-order valence-electron chi connectivity index (χ3n) is 4.36. The monoisotopic (exact) mass is 339 g/mol. The van der Waals surface area contributed by atoms with Crippen LogP contribution in [-0.4, -0.2) is 26.5 Å². The molecule has 0 saturated carbocycles. The summed E-state index contributed by atoms with van der Waals surface area (Å²) in [7, 11) is 0. The fourth-order valence-corrected chi connectivity index (χ4v) is 2.89. The standard InChI is InChI=1S/C19H25N5O/c1-5-12(4)21-19(25)15-16-18(24(17(15)20)10-11(2)3)23-14-9-7-6-8-13(14)22-16/h6-9,11-12H,5,10,20H2,1-4H3,(H,21,25)/t12-/m1/s1. The summed E-state index contributed by atoms with van der Waals surface area (Å²) in [6.45, 7) is 8.91. The highest BCUT2D eigenvalue weighted by Gasteiger charge is 2.24. The Morgan fingerprint density at radius 1 is 1.20 bits per heavy atom. The lowest BCUT2D eigenvalue weighted by atomic mass is 10.2. The van der Waals surface area contributed by atoms with Crippen LogP contribution in [0.4, 0.5) is 5.82 Å². The van der Waals surface area contributed by atoms with Crippen molar-refractivity contribution in [2.75, 3.05) is 5.73 Å².